The van der Waals surface area contributed by atoms with Crippen LogP contribution in [0.1, 0.15) is 0 Å². The van der Waals surface area contributed by atoms with Crippen molar-refractivity contribution in [3.05, 3.63) is 82.8 Å². The Morgan fingerprint density at radius 3 is 2.09 bits per heavy atom. The molecule has 1 aliphatic heterocycles. The summed E-state index contributed by atoms with van der Waals surface area (Å²) in [6, 6.07) is 20.2. The van der Waals surface area contributed by atoms with E-state index in [0.717, 1.165) is 15.7 Å². The maximum absolute atomic E-state index is 13.5. The summed E-state index contributed by atoms with van der Waals surface area (Å²) in [5.41, 5.74) is 1.27. The number of amides is 1. The van der Waals surface area contributed by atoms with Gasteiger partial charge < -0.3 is 14.5 Å². The van der Waals surface area contributed by atoms with Gasteiger partial charge in [0.2, 0.25) is 5.91 Å². The fourth-order valence-electron chi connectivity index (χ4n) is 3.95. The second kappa shape index (κ2) is 10.8. The molecule has 1 saturated heterocycles. The fraction of sp³-hybridized carbons (Fsp3) is 0.240. The Morgan fingerprint density at radius 2 is 1.51 bits per heavy atom. The van der Waals surface area contributed by atoms with Crippen molar-refractivity contribution < 1.29 is 17.9 Å². The van der Waals surface area contributed by atoms with Crippen LogP contribution in [0.3, 0.4) is 0 Å². The van der Waals surface area contributed by atoms with E-state index in [4.69, 9.17) is 27.9 Å². The summed E-state index contributed by atoms with van der Waals surface area (Å²) >= 11 is 12.3. The zero-order valence-electron chi connectivity index (χ0n) is 19.1. The third kappa shape index (κ3) is 5.83. The van der Waals surface area contributed by atoms with Crippen LogP contribution in [0.4, 0.5) is 11.4 Å². The van der Waals surface area contributed by atoms with Crippen LogP contribution in [0.5, 0.6) is 5.75 Å². The molecule has 1 fully saturated rings. The molecule has 1 amide bonds. The van der Waals surface area contributed by atoms with Gasteiger partial charge in [0.05, 0.1) is 17.7 Å². The topological polar surface area (TPSA) is 70.2 Å². The molecule has 1 aliphatic rings. The van der Waals surface area contributed by atoms with Gasteiger partial charge in [-0.2, -0.15) is 0 Å². The molecule has 184 valence electrons. The average Bonchev–Trinajstić information content (AvgIpc) is 2.87. The van der Waals surface area contributed by atoms with E-state index < -0.39 is 10.0 Å². The zero-order chi connectivity index (χ0) is 25.0. The summed E-state index contributed by atoms with van der Waals surface area (Å²) in [4.78, 5) is 17.2. The van der Waals surface area contributed by atoms with E-state index in [9.17, 15) is 13.2 Å². The number of halogens is 2. The lowest BCUT2D eigenvalue weighted by atomic mass is 10.2. The number of hydrogen-bond donors (Lipinski definition) is 0. The van der Waals surface area contributed by atoms with Gasteiger partial charge in [0.15, 0.2) is 0 Å². The Morgan fingerprint density at radius 1 is 0.914 bits per heavy atom. The van der Waals surface area contributed by atoms with Crippen LogP contribution in [0.2, 0.25) is 10.0 Å². The van der Waals surface area contributed by atoms with Crippen LogP contribution in [-0.4, -0.2) is 59.1 Å². The minimum Gasteiger partial charge on any atom is -0.497 e. The summed E-state index contributed by atoms with van der Waals surface area (Å²) in [5, 5.41) is 0.558. The van der Waals surface area contributed by atoms with Crippen LogP contribution >= 0.6 is 23.2 Å². The van der Waals surface area contributed by atoms with Gasteiger partial charge in [0.1, 0.15) is 12.3 Å². The maximum Gasteiger partial charge on any atom is 0.264 e. The van der Waals surface area contributed by atoms with Crippen molar-refractivity contribution in [2.45, 2.75) is 4.90 Å². The first-order valence-electron chi connectivity index (χ1n) is 11.0. The second-order valence-electron chi connectivity index (χ2n) is 8.02. The number of rotatable bonds is 7. The molecule has 1 heterocycles. The quantitative estimate of drug-likeness (QED) is 0.445. The Labute approximate surface area is 215 Å². The predicted molar refractivity (Wildman–Crippen MR) is 139 cm³/mol. The van der Waals surface area contributed by atoms with Gasteiger partial charge in [-0.25, -0.2) is 8.42 Å². The van der Waals surface area contributed by atoms with Crippen molar-refractivity contribution >= 4 is 50.5 Å². The maximum atomic E-state index is 13.5. The number of sulfonamides is 1. The summed E-state index contributed by atoms with van der Waals surface area (Å²) in [5.74, 6) is 0.485. The molecule has 3 aromatic rings. The summed E-state index contributed by atoms with van der Waals surface area (Å²) in [6.45, 7) is 1.84. The average molecular weight is 534 g/mol. The van der Waals surface area contributed by atoms with Crippen LogP contribution in [0.15, 0.2) is 77.7 Å². The molecule has 0 aromatic heterocycles. The number of carbonyl (C=O) groups is 1. The number of hydrogen-bond acceptors (Lipinski definition) is 5. The Hall–Kier alpha value is -2.94. The molecule has 7 nitrogen and oxygen atoms in total. The predicted octanol–water partition coefficient (Wildman–Crippen LogP) is 4.55. The van der Waals surface area contributed by atoms with Gasteiger partial charge >= 0.3 is 0 Å². The standard InChI is InChI=1S/C25H25Cl2N3O4S/c1-34-23-9-7-21(8-10-23)28-11-13-29(14-12-28)25(31)18-30(22-16-19(26)15-20(27)17-22)35(32,33)24-5-3-2-4-6-24/h2-10,15-17H,11-14,18H2,1H3. The number of benzene rings is 3. The van der Waals surface area contributed by atoms with E-state index in [1.807, 2.05) is 24.3 Å². The molecule has 10 heteroatoms. The number of methoxy groups -OCH3 is 1. The fourth-order valence-corrected chi connectivity index (χ4v) is 5.88. The minimum absolute atomic E-state index is 0.0771. The Bertz CT molecular complexity index is 1260. The molecule has 0 bridgehead atoms. The van der Waals surface area contributed by atoms with Crippen molar-refractivity contribution in [2.75, 3.05) is 49.0 Å². The smallest absolute Gasteiger partial charge is 0.264 e. The van der Waals surface area contributed by atoms with Crippen molar-refractivity contribution in [3.63, 3.8) is 0 Å². The van der Waals surface area contributed by atoms with Gasteiger partial charge in [0.25, 0.3) is 10.0 Å². The van der Waals surface area contributed by atoms with Crippen molar-refractivity contribution in [1.82, 2.24) is 4.90 Å². The molecule has 0 unspecified atom stereocenters. The number of piperazine rings is 1. The van der Waals surface area contributed by atoms with Gasteiger partial charge in [0, 0.05) is 41.9 Å². The van der Waals surface area contributed by atoms with E-state index in [1.165, 1.54) is 30.3 Å². The highest BCUT2D eigenvalue weighted by Gasteiger charge is 2.30. The Balaban J connectivity index is 1.53. The molecule has 4 rings (SSSR count). The Kier molecular flexibility index (Phi) is 7.74. The first-order chi connectivity index (χ1) is 16.8. The third-order valence-electron chi connectivity index (χ3n) is 5.82. The van der Waals surface area contributed by atoms with Gasteiger partial charge in [-0.1, -0.05) is 41.4 Å². The molecule has 0 radical (unpaired) electrons. The summed E-state index contributed by atoms with van der Waals surface area (Å²) in [7, 11) is -2.41. The number of ether oxygens (including phenoxy) is 1. The van der Waals surface area contributed by atoms with Crippen molar-refractivity contribution in [2.24, 2.45) is 0 Å². The van der Waals surface area contributed by atoms with E-state index in [1.54, 1.807) is 30.2 Å². The van der Waals surface area contributed by atoms with E-state index >= 15 is 0 Å². The number of nitrogens with zero attached hydrogens (tertiary/aromatic N) is 3. The SMILES string of the molecule is COc1ccc(N2CCN(C(=O)CN(c3cc(Cl)cc(Cl)c3)S(=O)(=O)c3ccccc3)CC2)cc1. The largest absolute Gasteiger partial charge is 0.497 e. The van der Waals surface area contributed by atoms with Gasteiger partial charge in [-0.05, 0) is 54.6 Å². The molecule has 0 aliphatic carbocycles. The van der Waals surface area contributed by atoms with Crippen molar-refractivity contribution in [1.29, 1.82) is 0 Å². The summed E-state index contributed by atoms with van der Waals surface area (Å²) in [6.07, 6.45) is 0. The molecule has 0 saturated carbocycles. The monoisotopic (exact) mass is 533 g/mol. The van der Waals surface area contributed by atoms with E-state index in [0.29, 0.717) is 26.2 Å². The lowest BCUT2D eigenvalue weighted by Gasteiger charge is -2.37. The molecule has 35 heavy (non-hydrogen) atoms. The first kappa shape index (κ1) is 25.2. The number of carbonyl (C=O) groups excluding carboxylic acids is 1. The lowest BCUT2D eigenvalue weighted by molar-refractivity contribution is -0.129. The summed E-state index contributed by atoms with van der Waals surface area (Å²) < 4.78 is 33.3. The zero-order valence-corrected chi connectivity index (χ0v) is 21.4. The molecular weight excluding hydrogens is 509 g/mol. The van der Waals surface area contributed by atoms with Crippen LogP contribution in [0, 0.1) is 0 Å². The second-order valence-corrected chi connectivity index (χ2v) is 10.8. The van der Waals surface area contributed by atoms with Gasteiger partial charge in [-0.15, -0.1) is 0 Å². The van der Waals surface area contributed by atoms with E-state index in [-0.39, 0.29) is 33.1 Å². The van der Waals surface area contributed by atoms with Crippen LogP contribution in [0.25, 0.3) is 0 Å². The first-order valence-corrected chi connectivity index (χ1v) is 13.2. The molecule has 0 spiro atoms. The highest BCUT2D eigenvalue weighted by atomic mass is 35.5. The van der Waals surface area contributed by atoms with Gasteiger partial charge in [-0.3, -0.25) is 9.10 Å². The number of anilines is 2. The van der Waals surface area contributed by atoms with Crippen LogP contribution in [-0.2, 0) is 14.8 Å². The molecule has 0 N–H and O–H groups in total. The minimum atomic E-state index is -4.04. The van der Waals surface area contributed by atoms with Crippen LogP contribution < -0.4 is 13.9 Å². The highest BCUT2D eigenvalue weighted by molar-refractivity contribution is 7.92. The molecule has 3 aromatic carbocycles. The third-order valence-corrected chi connectivity index (χ3v) is 8.04. The van der Waals surface area contributed by atoms with E-state index in [2.05, 4.69) is 4.90 Å². The highest BCUT2D eigenvalue weighted by Crippen LogP contribution is 2.30. The normalized spacial score (nSPS) is 14.0. The lowest BCUT2D eigenvalue weighted by Crippen LogP contribution is -2.52. The van der Waals surface area contributed by atoms with Crippen molar-refractivity contribution in [3.8, 4) is 5.75 Å². The molecular formula is C25H25Cl2N3O4S. The molecule has 0 atom stereocenters.